The van der Waals surface area contributed by atoms with Crippen LogP contribution in [0, 0.1) is 6.92 Å². The largest absolute Gasteiger partial charge is 0.295 e. The molecule has 0 saturated carbocycles. The van der Waals surface area contributed by atoms with Gasteiger partial charge in [-0.25, -0.2) is 0 Å². The van der Waals surface area contributed by atoms with Crippen LogP contribution in [0.25, 0.3) is 5.57 Å². The Hall–Kier alpha value is -1.08. The third kappa shape index (κ3) is 1.73. The molecule has 0 heterocycles. The van der Waals surface area contributed by atoms with Crippen LogP contribution in [0.5, 0.6) is 0 Å². The zero-order chi connectivity index (χ0) is 10.1. The van der Waals surface area contributed by atoms with Crippen LogP contribution in [-0.2, 0) is 4.79 Å². The van der Waals surface area contributed by atoms with Crippen molar-refractivity contribution >= 4 is 23.0 Å². The Morgan fingerprint density at radius 3 is 2.71 bits per heavy atom. The molecule has 0 radical (unpaired) electrons. The van der Waals surface area contributed by atoms with Gasteiger partial charge in [-0.1, -0.05) is 29.3 Å². The van der Waals surface area contributed by atoms with E-state index in [0.717, 1.165) is 22.6 Å². The lowest BCUT2D eigenvalue weighted by molar-refractivity contribution is -0.114. The average Bonchev–Trinajstić information content (AvgIpc) is 2.56. The summed E-state index contributed by atoms with van der Waals surface area (Å²) >= 11 is 6.07. The van der Waals surface area contributed by atoms with Crippen LogP contribution < -0.4 is 0 Å². The summed E-state index contributed by atoms with van der Waals surface area (Å²) in [4.78, 5) is 11.1. The molecule has 14 heavy (non-hydrogen) atoms. The molecule has 0 aromatic heterocycles. The predicted molar refractivity (Wildman–Crippen MR) is 58.4 cm³/mol. The summed E-state index contributed by atoms with van der Waals surface area (Å²) in [5.74, 6) is 0.206. The fourth-order valence-electron chi connectivity index (χ4n) is 1.69. The molecule has 0 unspecified atom stereocenters. The minimum Gasteiger partial charge on any atom is -0.295 e. The van der Waals surface area contributed by atoms with E-state index in [2.05, 4.69) is 0 Å². The van der Waals surface area contributed by atoms with Gasteiger partial charge in [0.05, 0.1) is 0 Å². The quantitative estimate of drug-likeness (QED) is 0.689. The summed E-state index contributed by atoms with van der Waals surface area (Å²) in [6.45, 7) is 2.02. The van der Waals surface area contributed by atoms with Crippen LogP contribution in [0.2, 0.25) is 5.02 Å². The molecule has 1 aliphatic carbocycles. The molecule has 1 nitrogen and oxygen atoms in total. The lowest BCUT2D eigenvalue weighted by Gasteiger charge is -2.05. The zero-order valence-electron chi connectivity index (χ0n) is 8.01. The number of aryl methyl sites for hydroxylation is 1. The summed E-state index contributed by atoms with van der Waals surface area (Å²) in [7, 11) is 0. The first-order chi connectivity index (χ1) is 6.66. The molecule has 1 aromatic carbocycles. The van der Waals surface area contributed by atoms with Crippen molar-refractivity contribution in [1.29, 1.82) is 0 Å². The van der Waals surface area contributed by atoms with E-state index in [1.807, 2.05) is 25.1 Å². The van der Waals surface area contributed by atoms with Gasteiger partial charge in [0.15, 0.2) is 5.78 Å². The Labute approximate surface area is 88.4 Å². The van der Waals surface area contributed by atoms with Gasteiger partial charge in [-0.3, -0.25) is 4.79 Å². The SMILES string of the molecule is Cc1ccc(Cl)c(C2=CC(=O)CC2)c1. The minimum absolute atomic E-state index is 0.206. The first-order valence-corrected chi connectivity index (χ1v) is 5.04. The number of hydrogen-bond acceptors (Lipinski definition) is 1. The lowest BCUT2D eigenvalue weighted by atomic mass is 10.0. The van der Waals surface area contributed by atoms with E-state index < -0.39 is 0 Å². The third-order valence-corrected chi connectivity index (χ3v) is 2.77. The van der Waals surface area contributed by atoms with Crippen molar-refractivity contribution in [2.24, 2.45) is 0 Å². The van der Waals surface area contributed by atoms with Gasteiger partial charge < -0.3 is 0 Å². The van der Waals surface area contributed by atoms with Crippen LogP contribution in [-0.4, -0.2) is 5.78 Å². The van der Waals surface area contributed by atoms with Crippen molar-refractivity contribution < 1.29 is 4.79 Å². The van der Waals surface area contributed by atoms with Gasteiger partial charge in [0.2, 0.25) is 0 Å². The molecule has 0 aliphatic heterocycles. The van der Waals surface area contributed by atoms with Crippen LogP contribution >= 0.6 is 11.6 Å². The molecule has 1 aliphatic rings. The number of rotatable bonds is 1. The second-order valence-corrected chi connectivity index (χ2v) is 4.03. The summed E-state index contributed by atoms with van der Waals surface area (Å²) in [6.07, 6.45) is 3.16. The Morgan fingerprint density at radius 1 is 1.29 bits per heavy atom. The zero-order valence-corrected chi connectivity index (χ0v) is 8.77. The molecule has 0 amide bonds. The maximum absolute atomic E-state index is 11.1. The second-order valence-electron chi connectivity index (χ2n) is 3.62. The molecule has 0 atom stereocenters. The molecule has 0 bridgehead atoms. The van der Waals surface area contributed by atoms with Gasteiger partial charge in [-0.15, -0.1) is 0 Å². The first-order valence-electron chi connectivity index (χ1n) is 4.67. The van der Waals surface area contributed by atoms with Crippen molar-refractivity contribution in [2.75, 3.05) is 0 Å². The highest BCUT2D eigenvalue weighted by atomic mass is 35.5. The van der Waals surface area contributed by atoms with Crippen molar-refractivity contribution in [3.63, 3.8) is 0 Å². The fraction of sp³-hybridized carbons (Fsp3) is 0.250. The van der Waals surface area contributed by atoms with Crippen LogP contribution in [0.1, 0.15) is 24.0 Å². The van der Waals surface area contributed by atoms with Crippen molar-refractivity contribution in [3.8, 4) is 0 Å². The van der Waals surface area contributed by atoms with E-state index >= 15 is 0 Å². The van der Waals surface area contributed by atoms with E-state index in [4.69, 9.17) is 11.6 Å². The Morgan fingerprint density at radius 2 is 2.07 bits per heavy atom. The Bertz CT molecular complexity index is 418. The number of hydrogen-bond donors (Lipinski definition) is 0. The highest BCUT2D eigenvalue weighted by Gasteiger charge is 2.15. The summed E-state index contributed by atoms with van der Waals surface area (Å²) < 4.78 is 0. The minimum atomic E-state index is 0.206. The van der Waals surface area contributed by atoms with E-state index in [1.165, 1.54) is 5.56 Å². The normalized spacial score (nSPS) is 15.9. The standard InChI is InChI=1S/C12H11ClO/c1-8-2-5-12(13)11(6-8)9-3-4-10(14)7-9/h2,5-7H,3-4H2,1H3. The molecule has 0 fully saturated rings. The van der Waals surface area contributed by atoms with E-state index in [1.54, 1.807) is 6.08 Å². The van der Waals surface area contributed by atoms with Crippen molar-refractivity contribution in [2.45, 2.75) is 19.8 Å². The second kappa shape index (κ2) is 3.58. The van der Waals surface area contributed by atoms with Gasteiger partial charge in [0, 0.05) is 11.4 Å². The number of ketones is 1. The first kappa shape index (κ1) is 9.47. The monoisotopic (exact) mass is 206 g/mol. The summed E-state index contributed by atoms with van der Waals surface area (Å²) in [5.41, 5.74) is 3.26. The number of benzene rings is 1. The van der Waals surface area contributed by atoms with Crippen molar-refractivity contribution in [3.05, 3.63) is 40.4 Å². The molecule has 1 aromatic rings. The smallest absolute Gasteiger partial charge is 0.156 e. The van der Waals surface area contributed by atoms with Gasteiger partial charge in [-0.05, 0) is 36.6 Å². The maximum Gasteiger partial charge on any atom is 0.156 e. The van der Waals surface area contributed by atoms with Gasteiger partial charge in [0.1, 0.15) is 0 Å². The molecule has 2 rings (SSSR count). The van der Waals surface area contributed by atoms with Crippen LogP contribution in [0.15, 0.2) is 24.3 Å². The van der Waals surface area contributed by atoms with E-state index in [0.29, 0.717) is 6.42 Å². The summed E-state index contributed by atoms with van der Waals surface area (Å²) in [5, 5.41) is 0.733. The molecule has 0 saturated heterocycles. The van der Waals surface area contributed by atoms with Gasteiger partial charge >= 0.3 is 0 Å². The molecule has 2 heteroatoms. The van der Waals surface area contributed by atoms with Gasteiger partial charge in [0.25, 0.3) is 0 Å². The third-order valence-electron chi connectivity index (χ3n) is 2.44. The fourth-order valence-corrected chi connectivity index (χ4v) is 1.93. The molecule has 0 N–H and O–H groups in total. The number of carbonyl (C=O) groups is 1. The Kier molecular flexibility index (Phi) is 2.42. The van der Waals surface area contributed by atoms with E-state index in [-0.39, 0.29) is 5.78 Å². The van der Waals surface area contributed by atoms with E-state index in [9.17, 15) is 4.79 Å². The molecule has 0 spiro atoms. The van der Waals surface area contributed by atoms with Crippen LogP contribution in [0.3, 0.4) is 0 Å². The number of allylic oxidation sites excluding steroid dienone is 2. The number of carbonyl (C=O) groups excluding carboxylic acids is 1. The van der Waals surface area contributed by atoms with Gasteiger partial charge in [-0.2, -0.15) is 0 Å². The molecule has 72 valence electrons. The predicted octanol–water partition coefficient (Wildman–Crippen LogP) is 3.39. The number of halogens is 1. The maximum atomic E-state index is 11.1. The lowest BCUT2D eigenvalue weighted by Crippen LogP contribution is -1.84. The summed E-state index contributed by atoms with van der Waals surface area (Å²) in [6, 6.07) is 5.89. The Balaban J connectivity index is 2.46. The highest BCUT2D eigenvalue weighted by Crippen LogP contribution is 2.31. The average molecular weight is 207 g/mol. The van der Waals surface area contributed by atoms with Crippen LogP contribution in [0.4, 0.5) is 0 Å². The topological polar surface area (TPSA) is 17.1 Å². The molecular weight excluding hydrogens is 196 g/mol. The van der Waals surface area contributed by atoms with Crippen molar-refractivity contribution in [1.82, 2.24) is 0 Å². The highest BCUT2D eigenvalue weighted by molar-refractivity contribution is 6.32. The molecular formula is C12H11ClO.